The maximum atomic E-state index is 11.5. The van der Waals surface area contributed by atoms with Crippen molar-refractivity contribution in [2.75, 3.05) is 0 Å². The van der Waals surface area contributed by atoms with E-state index in [2.05, 4.69) is 0 Å². The molecule has 0 N–H and O–H groups in total. The van der Waals surface area contributed by atoms with Crippen LogP contribution < -0.4 is 0 Å². The molecule has 0 unspecified atom stereocenters. The van der Waals surface area contributed by atoms with Crippen LogP contribution in [0.2, 0.25) is 0 Å². The standard InChI is InChI=1S/C10H16O3/c1-6-5-8-3-4-9(13-8)7(2)10(11)12-6/h6-9H,3-5H2,1-2H3/t6-,7+,8+,9-/m0/s1. The van der Waals surface area contributed by atoms with Gasteiger partial charge >= 0.3 is 5.97 Å². The number of carbonyl (C=O) groups excluding carboxylic acids is 1. The van der Waals surface area contributed by atoms with E-state index in [1.54, 1.807) is 0 Å². The first kappa shape index (κ1) is 9.00. The number of rotatable bonds is 0. The van der Waals surface area contributed by atoms with Gasteiger partial charge in [0.1, 0.15) is 6.10 Å². The van der Waals surface area contributed by atoms with Gasteiger partial charge in [-0.2, -0.15) is 0 Å². The van der Waals surface area contributed by atoms with Crippen LogP contribution in [0.25, 0.3) is 0 Å². The van der Waals surface area contributed by atoms with E-state index >= 15 is 0 Å². The van der Waals surface area contributed by atoms with Gasteiger partial charge in [0.25, 0.3) is 0 Å². The summed E-state index contributed by atoms with van der Waals surface area (Å²) in [5.74, 6) is -0.189. The summed E-state index contributed by atoms with van der Waals surface area (Å²) in [7, 11) is 0. The summed E-state index contributed by atoms with van der Waals surface area (Å²) in [6, 6.07) is 0. The van der Waals surface area contributed by atoms with Crippen molar-refractivity contribution in [3.05, 3.63) is 0 Å². The highest BCUT2D eigenvalue weighted by atomic mass is 16.6. The van der Waals surface area contributed by atoms with E-state index in [1.165, 1.54) is 0 Å². The van der Waals surface area contributed by atoms with E-state index in [9.17, 15) is 4.79 Å². The summed E-state index contributed by atoms with van der Waals surface area (Å²) >= 11 is 0. The van der Waals surface area contributed by atoms with Crippen LogP contribution in [0, 0.1) is 5.92 Å². The normalized spacial score (nSPS) is 45.2. The zero-order valence-electron chi connectivity index (χ0n) is 8.16. The van der Waals surface area contributed by atoms with Gasteiger partial charge in [0.15, 0.2) is 0 Å². The van der Waals surface area contributed by atoms with Crippen LogP contribution in [0.1, 0.15) is 33.1 Å². The average Bonchev–Trinajstić information content (AvgIpc) is 2.50. The second kappa shape index (κ2) is 3.29. The molecule has 4 atom stereocenters. The number of hydrogen-bond acceptors (Lipinski definition) is 3. The highest BCUT2D eigenvalue weighted by Gasteiger charge is 2.37. The Morgan fingerprint density at radius 2 is 2.08 bits per heavy atom. The minimum Gasteiger partial charge on any atom is -0.462 e. The zero-order valence-corrected chi connectivity index (χ0v) is 8.16. The number of hydrogen-bond donors (Lipinski definition) is 0. The fourth-order valence-electron chi connectivity index (χ4n) is 2.15. The quantitative estimate of drug-likeness (QED) is 0.535. The fraction of sp³-hybridized carbons (Fsp3) is 0.900. The van der Waals surface area contributed by atoms with Crippen LogP contribution in [-0.4, -0.2) is 24.3 Å². The third-order valence-electron chi connectivity index (χ3n) is 2.98. The van der Waals surface area contributed by atoms with Gasteiger partial charge in [0.05, 0.1) is 18.1 Å². The van der Waals surface area contributed by atoms with Gasteiger partial charge in [-0.1, -0.05) is 0 Å². The Morgan fingerprint density at radius 3 is 2.85 bits per heavy atom. The second-order valence-corrected chi connectivity index (χ2v) is 4.15. The molecule has 2 fully saturated rings. The maximum absolute atomic E-state index is 11.5. The lowest BCUT2D eigenvalue weighted by molar-refractivity contribution is -0.164. The smallest absolute Gasteiger partial charge is 0.311 e. The van der Waals surface area contributed by atoms with Gasteiger partial charge in [0, 0.05) is 6.42 Å². The molecule has 0 radical (unpaired) electrons. The van der Waals surface area contributed by atoms with Crippen molar-refractivity contribution in [3.63, 3.8) is 0 Å². The van der Waals surface area contributed by atoms with Gasteiger partial charge in [-0.3, -0.25) is 4.79 Å². The van der Waals surface area contributed by atoms with Gasteiger partial charge in [0.2, 0.25) is 0 Å². The third kappa shape index (κ3) is 1.70. The van der Waals surface area contributed by atoms with Crippen molar-refractivity contribution < 1.29 is 14.3 Å². The van der Waals surface area contributed by atoms with Gasteiger partial charge < -0.3 is 9.47 Å². The predicted molar refractivity (Wildman–Crippen MR) is 47.2 cm³/mol. The van der Waals surface area contributed by atoms with Crippen molar-refractivity contribution in [2.45, 2.75) is 51.4 Å². The van der Waals surface area contributed by atoms with Crippen LogP contribution in [0.4, 0.5) is 0 Å². The molecule has 2 aliphatic rings. The summed E-state index contributed by atoms with van der Waals surface area (Å²) in [6.45, 7) is 3.83. The second-order valence-electron chi connectivity index (χ2n) is 4.15. The highest BCUT2D eigenvalue weighted by molar-refractivity contribution is 5.73. The number of fused-ring (bicyclic) bond motifs is 2. The largest absolute Gasteiger partial charge is 0.462 e. The summed E-state index contributed by atoms with van der Waals surface area (Å²) in [5.41, 5.74) is 0. The van der Waals surface area contributed by atoms with Crippen molar-refractivity contribution in [1.29, 1.82) is 0 Å². The van der Waals surface area contributed by atoms with Crippen molar-refractivity contribution >= 4 is 5.97 Å². The maximum Gasteiger partial charge on any atom is 0.311 e. The summed E-state index contributed by atoms with van der Waals surface area (Å²) in [6.07, 6.45) is 3.37. The lowest BCUT2D eigenvalue weighted by Crippen LogP contribution is -2.34. The van der Waals surface area contributed by atoms with Crippen LogP contribution in [0.5, 0.6) is 0 Å². The number of cyclic esters (lactones) is 1. The van der Waals surface area contributed by atoms with E-state index < -0.39 is 0 Å². The lowest BCUT2D eigenvalue weighted by Gasteiger charge is -2.26. The molecule has 0 aromatic rings. The summed E-state index contributed by atoms with van der Waals surface area (Å²) in [4.78, 5) is 11.5. The minimum atomic E-state index is -0.0992. The first-order valence-corrected chi connectivity index (χ1v) is 5.03. The summed E-state index contributed by atoms with van der Waals surface area (Å²) in [5, 5.41) is 0. The van der Waals surface area contributed by atoms with Gasteiger partial charge in [-0.05, 0) is 26.7 Å². The molecule has 2 heterocycles. The molecule has 3 heteroatoms. The fourth-order valence-corrected chi connectivity index (χ4v) is 2.15. The Labute approximate surface area is 78.4 Å². The van der Waals surface area contributed by atoms with E-state index in [4.69, 9.17) is 9.47 Å². The van der Waals surface area contributed by atoms with Crippen molar-refractivity contribution in [3.8, 4) is 0 Å². The lowest BCUT2D eigenvalue weighted by atomic mass is 10.0. The average molecular weight is 184 g/mol. The Morgan fingerprint density at radius 1 is 1.31 bits per heavy atom. The molecule has 74 valence electrons. The Bertz CT molecular complexity index is 214. The molecule has 0 amide bonds. The molecule has 3 nitrogen and oxygen atoms in total. The molecule has 0 aromatic heterocycles. The monoisotopic (exact) mass is 184 g/mol. The Kier molecular flexibility index (Phi) is 2.28. The van der Waals surface area contributed by atoms with E-state index in [0.717, 1.165) is 19.3 Å². The van der Waals surface area contributed by atoms with E-state index in [0.29, 0.717) is 6.10 Å². The molecular formula is C10H16O3. The molecule has 2 bridgehead atoms. The first-order valence-electron chi connectivity index (χ1n) is 5.03. The number of carbonyl (C=O) groups is 1. The third-order valence-corrected chi connectivity index (χ3v) is 2.98. The molecule has 0 aromatic carbocycles. The zero-order chi connectivity index (χ0) is 9.42. The molecular weight excluding hydrogens is 168 g/mol. The molecule has 0 aliphatic carbocycles. The van der Waals surface area contributed by atoms with Crippen molar-refractivity contribution in [1.82, 2.24) is 0 Å². The Hall–Kier alpha value is -0.570. The van der Waals surface area contributed by atoms with Crippen LogP contribution >= 0.6 is 0 Å². The Balaban J connectivity index is 2.11. The number of ether oxygens (including phenoxy) is 2. The molecule has 2 aliphatic heterocycles. The number of esters is 1. The van der Waals surface area contributed by atoms with Crippen molar-refractivity contribution in [2.24, 2.45) is 5.92 Å². The molecule has 13 heavy (non-hydrogen) atoms. The predicted octanol–water partition coefficient (Wildman–Crippen LogP) is 1.51. The highest BCUT2D eigenvalue weighted by Crippen LogP contribution is 2.31. The minimum absolute atomic E-state index is 0.0130. The van der Waals surface area contributed by atoms with Crippen LogP contribution in [0.3, 0.4) is 0 Å². The van der Waals surface area contributed by atoms with Gasteiger partial charge in [-0.15, -0.1) is 0 Å². The molecule has 2 rings (SSSR count). The summed E-state index contributed by atoms with van der Waals surface area (Å²) < 4.78 is 11.0. The van der Waals surface area contributed by atoms with E-state index in [-0.39, 0.29) is 24.1 Å². The van der Waals surface area contributed by atoms with E-state index in [1.807, 2.05) is 13.8 Å². The topological polar surface area (TPSA) is 35.5 Å². The SMILES string of the molecule is C[C@H]1C[C@H]2CC[C@H](O2)[C@@H](C)C(=O)O1. The molecule has 0 spiro atoms. The molecule has 2 saturated heterocycles. The molecule has 0 saturated carbocycles. The van der Waals surface area contributed by atoms with Gasteiger partial charge in [-0.25, -0.2) is 0 Å². The van der Waals surface area contributed by atoms with Crippen LogP contribution in [0.15, 0.2) is 0 Å². The van der Waals surface area contributed by atoms with Crippen LogP contribution in [-0.2, 0) is 14.3 Å². The first-order chi connectivity index (χ1) is 6.16.